The number of carbonyl (C=O) groups excluding carboxylic acids is 1. The third-order valence-corrected chi connectivity index (χ3v) is 6.27. The van der Waals surface area contributed by atoms with Gasteiger partial charge >= 0.3 is 0 Å². The molecule has 2 N–H and O–H groups in total. The zero-order valence-electron chi connectivity index (χ0n) is 17.5. The Labute approximate surface area is 189 Å². The number of aromatic amines is 1. The number of nitrogens with zero attached hydrogens (tertiary/aromatic N) is 2. The monoisotopic (exact) mass is 426 g/mol. The lowest BCUT2D eigenvalue weighted by Gasteiger charge is -2.09. The summed E-state index contributed by atoms with van der Waals surface area (Å²) in [7, 11) is 0. The standard InChI is InChI=1S/C28H18N4O/c33-27-14-21-12-19-7-6-17(29-19)11-18-8-9-20(30-18)13-26-28-22-4-2-1-3-16(22)5-10-23(28)24(32-26)15-25(27)31-21/h1-15,25,30-31H. The molecule has 5 heteroatoms. The molecule has 33 heavy (non-hydrogen) atoms. The molecule has 0 saturated carbocycles. The molecule has 156 valence electrons. The van der Waals surface area contributed by atoms with Crippen molar-refractivity contribution in [3.05, 3.63) is 112 Å². The van der Waals surface area contributed by atoms with Crippen LogP contribution in [0.3, 0.4) is 0 Å². The van der Waals surface area contributed by atoms with Crippen molar-refractivity contribution < 1.29 is 4.79 Å². The van der Waals surface area contributed by atoms with Crippen molar-refractivity contribution in [2.24, 2.45) is 9.98 Å². The Morgan fingerprint density at radius 3 is 2.64 bits per heavy atom. The molecule has 0 amide bonds. The Kier molecular flexibility index (Phi) is 3.70. The number of H-pyrrole nitrogens is 1. The highest BCUT2D eigenvalue weighted by Gasteiger charge is 2.27. The van der Waals surface area contributed by atoms with Crippen molar-refractivity contribution in [2.45, 2.75) is 6.04 Å². The average molecular weight is 426 g/mol. The van der Waals surface area contributed by atoms with Gasteiger partial charge in [0.25, 0.3) is 0 Å². The second kappa shape index (κ2) is 6.74. The quantitative estimate of drug-likeness (QED) is 0.580. The number of carbonyl (C=O) groups is 1. The molecule has 1 aromatic heterocycles. The first kappa shape index (κ1) is 18.1. The van der Waals surface area contributed by atoms with Crippen LogP contribution in [0.15, 0.2) is 100 Å². The molecule has 3 aromatic rings. The first-order chi connectivity index (χ1) is 16.2. The van der Waals surface area contributed by atoms with Crippen LogP contribution >= 0.6 is 0 Å². The number of benzene rings is 2. The highest BCUT2D eigenvalue weighted by Crippen LogP contribution is 2.35. The van der Waals surface area contributed by atoms with E-state index in [0.29, 0.717) is 0 Å². The maximum Gasteiger partial charge on any atom is 0.183 e. The normalized spacial score (nSPS) is 20.2. The molecule has 5 heterocycles. The predicted molar refractivity (Wildman–Crippen MR) is 132 cm³/mol. The van der Waals surface area contributed by atoms with E-state index in [1.54, 1.807) is 6.08 Å². The molecule has 4 aliphatic heterocycles. The number of aliphatic imine (C=N–C) groups is 2. The first-order valence-electron chi connectivity index (χ1n) is 10.9. The highest BCUT2D eigenvalue weighted by atomic mass is 16.1. The van der Waals surface area contributed by atoms with Crippen LogP contribution < -0.4 is 16.0 Å². The smallest absolute Gasteiger partial charge is 0.183 e. The average Bonchev–Trinajstić information content (AvgIpc) is 3.58. The van der Waals surface area contributed by atoms with E-state index in [1.807, 2.05) is 54.6 Å². The molecular weight excluding hydrogens is 408 g/mol. The van der Waals surface area contributed by atoms with Crippen molar-refractivity contribution in [2.75, 3.05) is 0 Å². The van der Waals surface area contributed by atoms with Gasteiger partial charge in [-0.05, 0) is 59.4 Å². The fourth-order valence-electron chi connectivity index (χ4n) is 4.76. The van der Waals surface area contributed by atoms with E-state index in [1.165, 1.54) is 0 Å². The Morgan fingerprint density at radius 2 is 1.70 bits per heavy atom. The molecule has 0 aliphatic carbocycles. The van der Waals surface area contributed by atoms with Crippen molar-refractivity contribution in [3.63, 3.8) is 0 Å². The van der Waals surface area contributed by atoms with E-state index in [0.717, 1.165) is 61.1 Å². The van der Waals surface area contributed by atoms with Crippen LogP contribution in [-0.2, 0) is 4.79 Å². The van der Waals surface area contributed by atoms with Crippen LogP contribution in [0.25, 0.3) is 28.6 Å². The van der Waals surface area contributed by atoms with Gasteiger partial charge in [-0.15, -0.1) is 0 Å². The number of allylic oxidation sites excluding steroid dienone is 3. The van der Waals surface area contributed by atoms with Crippen LogP contribution in [0.4, 0.5) is 0 Å². The van der Waals surface area contributed by atoms with Crippen LogP contribution in [0.2, 0.25) is 0 Å². The van der Waals surface area contributed by atoms with E-state index in [2.05, 4.69) is 45.6 Å². The molecule has 1 atom stereocenters. The van der Waals surface area contributed by atoms with Crippen LogP contribution in [0.5, 0.6) is 0 Å². The summed E-state index contributed by atoms with van der Waals surface area (Å²) in [6, 6.07) is 16.2. The molecule has 0 saturated heterocycles. The van der Waals surface area contributed by atoms with Gasteiger partial charge in [-0.1, -0.05) is 36.4 Å². The van der Waals surface area contributed by atoms with Gasteiger partial charge in [-0.25, -0.2) is 9.98 Å². The second-order valence-electron chi connectivity index (χ2n) is 8.48. The van der Waals surface area contributed by atoms with Gasteiger partial charge in [0, 0.05) is 33.6 Å². The van der Waals surface area contributed by atoms with E-state index in [-0.39, 0.29) is 5.78 Å². The predicted octanol–water partition coefficient (Wildman–Crippen LogP) is 2.91. The summed E-state index contributed by atoms with van der Waals surface area (Å²) in [5.74, 6) is 0.0139. The Bertz CT molecular complexity index is 1710. The summed E-state index contributed by atoms with van der Waals surface area (Å²) in [6.07, 6.45) is 13.5. The van der Waals surface area contributed by atoms with Gasteiger partial charge in [0.05, 0.1) is 22.8 Å². The molecule has 4 aliphatic rings. The number of aromatic nitrogens is 1. The summed E-state index contributed by atoms with van der Waals surface area (Å²) in [6.45, 7) is 0. The Hall–Kier alpha value is -4.51. The number of fused-ring (bicyclic) bond motifs is 11. The van der Waals surface area contributed by atoms with Crippen LogP contribution in [0, 0.1) is 0 Å². The molecule has 0 spiro atoms. The second-order valence-corrected chi connectivity index (χ2v) is 8.48. The van der Waals surface area contributed by atoms with E-state index in [4.69, 9.17) is 4.99 Å². The molecule has 1 unspecified atom stereocenters. The summed E-state index contributed by atoms with van der Waals surface area (Å²) >= 11 is 0. The topological polar surface area (TPSA) is 69.6 Å². The zero-order valence-corrected chi connectivity index (χ0v) is 17.5. The van der Waals surface area contributed by atoms with Gasteiger partial charge in [0.2, 0.25) is 0 Å². The van der Waals surface area contributed by atoms with E-state index < -0.39 is 6.04 Å². The molecular formula is C28H18N4O. The molecule has 0 fully saturated rings. The number of nitrogens with one attached hydrogen (secondary N) is 2. The third-order valence-electron chi connectivity index (χ3n) is 6.27. The number of hydrogen-bond donors (Lipinski definition) is 2. The van der Waals surface area contributed by atoms with Gasteiger partial charge in [0.15, 0.2) is 5.78 Å². The van der Waals surface area contributed by atoms with E-state index in [9.17, 15) is 4.79 Å². The highest BCUT2D eigenvalue weighted by molar-refractivity contribution is 6.31. The molecule has 7 rings (SSSR count). The van der Waals surface area contributed by atoms with Crippen molar-refractivity contribution in [3.8, 4) is 0 Å². The van der Waals surface area contributed by atoms with Crippen LogP contribution in [0.1, 0.15) is 11.1 Å². The minimum Gasteiger partial charge on any atom is -0.372 e. The maximum atomic E-state index is 12.8. The Morgan fingerprint density at radius 1 is 0.818 bits per heavy atom. The first-order valence-corrected chi connectivity index (χ1v) is 10.9. The number of ketones is 1. The maximum absolute atomic E-state index is 12.8. The molecule has 0 radical (unpaired) electrons. The van der Waals surface area contributed by atoms with Gasteiger partial charge < -0.3 is 10.3 Å². The molecule has 5 nitrogen and oxygen atoms in total. The summed E-state index contributed by atoms with van der Waals surface area (Å²) in [5, 5.41) is 7.56. The summed E-state index contributed by atoms with van der Waals surface area (Å²) in [4.78, 5) is 25.8. The van der Waals surface area contributed by atoms with Gasteiger partial charge in [0.1, 0.15) is 6.04 Å². The number of rotatable bonds is 0. The lowest BCUT2D eigenvalue weighted by molar-refractivity contribution is -0.114. The SMILES string of the molecule is O=C1C=C2C=C3C=CC(=N3)C=c3ccc([nH]3)=CC3=NC(=CC1N2)c1ccc2ccccc2c13. The fraction of sp³-hybridized carbons (Fsp3) is 0.0357. The molecule has 2 aromatic carbocycles. The fourth-order valence-corrected chi connectivity index (χ4v) is 4.76. The van der Waals surface area contributed by atoms with Crippen LogP contribution in [-0.4, -0.2) is 28.2 Å². The Balaban J connectivity index is 1.50. The van der Waals surface area contributed by atoms with Crippen molar-refractivity contribution in [1.29, 1.82) is 0 Å². The number of hydrogen-bond acceptors (Lipinski definition) is 4. The minimum atomic E-state index is -0.459. The lowest BCUT2D eigenvalue weighted by atomic mass is 9.95. The minimum absolute atomic E-state index is 0.0139. The summed E-state index contributed by atoms with van der Waals surface area (Å²) < 4.78 is 0. The van der Waals surface area contributed by atoms with Gasteiger partial charge in [-0.3, -0.25) is 4.79 Å². The van der Waals surface area contributed by atoms with Gasteiger partial charge in [-0.2, -0.15) is 0 Å². The molecule has 8 bridgehead atoms. The van der Waals surface area contributed by atoms with Crippen molar-refractivity contribution >= 4 is 45.8 Å². The zero-order chi connectivity index (χ0) is 21.9. The summed E-state index contributed by atoms with van der Waals surface area (Å²) in [5.41, 5.74) is 6.25. The largest absolute Gasteiger partial charge is 0.372 e. The van der Waals surface area contributed by atoms with E-state index >= 15 is 0 Å². The third kappa shape index (κ3) is 2.97. The lowest BCUT2D eigenvalue weighted by Crippen LogP contribution is -2.26. The van der Waals surface area contributed by atoms with Crippen molar-refractivity contribution in [1.82, 2.24) is 10.3 Å².